The van der Waals surface area contributed by atoms with E-state index >= 15 is 0 Å². The first-order valence-electron chi connectivity index (χ1n) is 5.53. The Labute approximate surface area is 92.6 Å². The largest absolute Gasteiger partial charge is 0.453 e. The Kier molecular flexibility index (Phi) is 3.04. The van der Waals surface area contributed by atoms with Crippen molar-refractivity contribution >= 4 is 6.09 Å². The molecule has 1 N–H and O–H groups in total. The molecule has 0 spiro atoms. The SMILES string of the molecule is COC(=O)NC1C(CC(C)(C)C)C1(C)C. The van der Waals surface area contributed by atoms with Gasteiger partial charge in [0.15, 0.2) is 0 Å². The molecule has 3 heteroatoms. The van der Waals surface area contributed by atoms with Gasteiger partial charge in [0, 0.05) is 6.04 Å². The predicted molar refractivity (Wildman–Crippen MR) is 60.7 cm³/mol. The number of carbonyl (C=O) groups is 1. The quantitative estimate of drug-likeness (QED) is 0.766. The number of hydrogen-bond donors (Lipinski definition) is 1. The van der Waals surface area contributed by atoms with E-state index in [1.165, 1.54) is 7.11 Å². The van der Waals surface area contributed by atoms with E-state index in [1.54, 1.807) is 0 Å². The van der Waals surface area contributed by atoms with Crippen LogP contribution in [0.5, 0.6) is 0 Å². The van der Waals surface area contributed by atoms with Crippen LogP contribution in [0.1, 0.15) is 41.0 Å². The summed E-state index contributed by atoms with van der Waals surface area (Å²) in [5, 5.41) is 2.91. The number of nitrogens with one attached hydrogen (secondary N) is 1. The van der Waals surface area contributed by atoms with E-state index in [0.717, 1.165) is 6.42 Å². The normalized spacial score (nSPS) is 28.4. The van der Waals surface area contributed by atoms with E-state index in [4.69, 9.17) is 0 Å². The molecule has 0 aliphatic heterocycles. The number of hydrogen-bond acceptors (Lipinski definition) is 2. The van der Waals surface area contributed by atoms with Crippen LogP contribution < -0.4 is 5.32 Å². The maximum Gasteiger partial charge on any atom is 0.407 e. The van der Waals surface area contributed by atoms with Crippen LogP contribution in [-0.2, 0) is 4.74 Å². The number of ether oxygens (including phenoxy) is 1. The third-order valence-corrected chi connectivity index (χ3v) is 3.34. The second-order valence-corrected chi connectivity index (χ2v) is 6.31. The highest BCUT2D eigenvalue weighted by Gasteiger charge is 2.59. The van der Waals surface area contributed by atoms with E-state index in [9.17, 15) is 4.79 Å². The van der Waals surface area contributed by atoms with Crippen LogP contribution in [0.3, 0.4) is 0 Å². The molecule has 0 aromatic heterocycles. The molecule has 1 amide bonds. The highest BCUT2D eigenvalue weighted by Crippen LogP contribution is 2.56. The predicted octanol–water partition coefficient (Wildman–Crippen LogP) is 2.80. The number of carbonyl (C=O) groups excluding carboxylic acids is 1. The van der Waals surface area contributed by atoms with Crippen molar-refractivity contribution in [3.05, 3.63) is 0 Å². The highest BCUT2D eigenvalue weighted by atomic mass is 16.5. The van der Waals surface area contributed by atoms with Gasteiger partial charge in [0.25, 0.3) is 0 Å². The van der Waals surface area contributed by atoms with E-state index < -0.39 is 0 Å². The summed E-state index contributed by atoms with van der Waals surface area (Å²) in [5.41, 5.74) is 0.524. The summed E-state index contributed by atoms with van der Waals surface area (Å²) in [6, 6.07) is 0.268. The lowest BCUT2D eigenvalue weighted by Gasteiger charge is -2.18. The first-order valence-corrected chi connectivity index (χ1v) is 5.53. The summed E-state index contributed by atoms with van der Waals surface area (Å²) in [7, 11) is 1.41. The van der Waals surface area contributed by atoms with Crippen molar-refractivity contribution in [3.8, 4) is 0 Å². The zero-order valence-electron chi connectivity index (χ0n) is 10.7. The van der Waals surface area contributed by atoms with Gasteiger partial charge in [0.05, 0.1) is 7.11 Å². The fraction of sp³-hybridized carbons (Fsp3) is 0.917. The fourth-order valence-electron chi connectivity index (χ4n) is 2.26. The molecule has 0 saturated heterocycles. The van der Waals surface area contributed by atoms with Gasteiger partial charge >= 0.3 is 6.09 Å². The van der Waals surface area contributed by atoms with Gasteiger partial charge in [-0.2, -0.15) is 0 Å². The van der Waals surface area contributed by atoms with E-state index in [1.807, 2.05) is 0 Å². The van der Waals surface area contributed by atoms with Crippen molar-refractivity contribution in [3.63, 3.8) is 0 Å². The molecule has 0 aromatic rings. The molecule has 0 heterocycles. The van der Waals surface area contributed by atoms with Crippen LogP contribution in [0, 0.1) is 16.7 Å². The van der Waals surface area contributed by atoms with Crippen LogP contribution in [-0.4, -0.2) is 19.2 Å². The van der Waals surface area contributed by atoms with Crippen LogP contribution in [0.4, 0.5) is 4.79 Å². The first kappa shape index (κ1) is 12.3. The molecule has 1 aliphatic carbocycles. The van der Waals surface area contributed by atoms with Crippen LogP contribution >= 0.6 is 0 Å². The molecule has 2 unspecified atom stereocenters. The van der Waals surface area contributed by atoms with Crippen LogP contribution in [0.2, 0.25) is 0 Å². The standard InChI is InChI=1S/C12H23NO2/c1-11(2,3)7-8-9(12(8,4)5)13-10(14)15-6/h8-9H,7H2,1-6H3,(H,13,14). The molecule has 0 bridgehead atoms. The lowest BCUT2D eigenvalue weighted by Crippen LogP contribution is -2.28. The minimum atomic E-state index is -0.315. The molecule has 2 atom stereocenters. The van der Waals surface area contributed by atoms with Crippen molar-refractivity contribution in [1.29, 1.82) is 0 Å². The Balaban J connectivity index is 2.52. The van der Waals surface area contributed by atoms with Crippen molar-refractivity contribution in [2.45, 2.75) is 47.1 Å². The Morgan fingerprint density at radius 1 is 1.40 bits per heavy atom. The second-order valence-electron chi connectivity index (χ2n) is 6.31. The van der Waals surface area contributed by atoms with Gasteiger partial charge in [-0.15, -0.1) is 0 Å². The molecule has 1 rings (SSSR count). The minimum Gasteiger partial charge on any atom is -0.453 e. The molecular formula is C12H23NO2. The summed E-state index contributed by atoms with van der Waals surface area (Å²) >= 11 is 0. The maximum atomic E-state index is 11.1. The van der Waals surface area contributed by atoms with Crippen molar-refractivity contribution in [2.24, 2.45) is 16.7 Å². The van der Waals surface area contributed by atoms with Crippen molar-refractivity contribution in [1.82, 2.24) is 5.32 Å². The topological polar surface area (TPSA) is 38.3 Å². The maximum absolute atomic E-state index is 11.1. The zero-order chi connectivity index (χ0) is 11.9. The number of rotatable bonds is 2. The summed E-state index contributed by atoms with van der Waals surface area (Å²) < 4.78 is 4.62. The van der Waals surface area contributed by atoms with Crippen LogP contribution in [0.15, 0.2) is 0 Å². The number of amides is 1. The third-order valence-electron chi connectivity index (χ3n) is 3.34. The van der Waals surface area contributed by atoms with Gasteiger partial charge in [-0.1, -0.05) is 34.6 Å². The van der Waals surface area contributed by atoms with E-state index in [2.05, 4.69) is 44.7 Å². The molecule has 3 nitrogen and oxygen atoms in total. The van der Waals surface area contributed by atoms with Gasteiger partial charge in [0.1, 0.15) is 0 Å². The smallest absolute Gasteiger partial charge is 0.407 e. The monoisotopic (exact) mass is 213 g/mol. The molecule has 0 aromatic carbocycles. The summed E-state index contributed by atoms with van der Waals surface area (Å²) in [5.74, 6) is 0.566. The Morgan fingerprint density at radius 3 is 2.33 bits per heavy atom. The Hall–Kier alpha value is -0.730. The van der Waals surface area contributed by atoms with Gasteiger partial charge in [-0.25, -0.2) is 4.79 Å². The molecule has 1 fully saturated rings. The second kappa shape index (κ2) is 3.69. The summed E-state index contributed by atoms with van der Waals surface area (Å²) in [4.78, 5) is 11.1. The van der Waals surface area contributed by atoms with Gasteiger partial charge < -0.3 is 10.1 Å². The van der Waals surface area contributed by atoms with E-state index in [0.29, 0.717) is 11.3 Å². The number of methoxy groups -OCH3 is 1. The third kappa shape index (κ3) is 2.86. The van der Waals surface area contributed by atoms with Crippen molar-refractivity contribution in [2.75, 3.05) is 7.11 Å². The highest BCUT2D eigenvalue weighted by molar-refractivity contribution is 5.68. The molecule has 1 aliphatic rings. The molecule has 15 heavy (non-hydrogen) atoms. The van der Waals surface area contributed by atoms with Crippen LogP contribution in [0.25, 0.3) is 0 Å². The summed E-state index contributed by atoms with van der Waals surface area (Å²) in [6.07, 6.45) is 0.818. The molecular weight excluding hydrogens is 190 g/mol. The fourth-order valence-corrected chi connectivity index (χ4v) is 2.26. The first-order chi connectivity index (χ1) is 6.68. The zero-order valence-corrected chi connectivity index (χ0v) is 10.7. The van der Waals surface area contributed by atoms with Gasteiger partial charge in [-0.05, 0) is 23.2 Å². The Morgan fingerprint density at radius 2 is 1.93 bits per heavy atom. The lowest BCUT2D eigenvalue weighted by molar-refractivity contribution is 0.168. The van der Waals surface area contributed by atoms with E-state index in [-0.39, 0.29) is 17.6 Å². The number of alkyl carbamates (subject to hydrolysis) is 1. The van der Waals surface area contributed by atoms with Gasteiger partial charge in [-0.3, -0.25) is 0 Å². The average molecular weight is 213 g/mol. The summed E-state index contributed by atoms with van der Waals surface area (Å²) in [6.45, 7) is 11.1. The molecule has 88 valence electrons. The lowest BCUT2D eigenvalue weighted by atomic mass is 9.87. The average Bonchev–Trinajstić information content (AvgIpc) is 2.53. The van der Waals surface area contributed by atoms with Crippen molar-refractivity contribution < 1.29 is 9.53 Å². The molecule has 1 saturated carbocycles. The van der Waals surface area contributed by atoms with Gasteiger partial charge in [0.2, 0.25) is 0 Å². The molecule has 0 radical (unpaired) electrons. The minimum absolute atomic E-state index is 0.210. The Bertz CT molecular complexity index is 253.